The van der Waals surface area contributed by atoms with Crippen LogP contribution in [0.3, 0.4) is 0 Å². The minimum Gasteiger partial charge on any atom is -0.481 e. The van der Waals surface area contributed by atoms with Crippen molar-refractivity contribution in [2.75, 3.05) is 5.32 Å². The lowest BCUT2D eigenvalue weighted by Gasteiger charge is -2.59. The Hall–Kier alpha value is -2.87. The number of aromatic carboxylic acids is 1. The summed E-state index contributed by atoms with van der Waals surface area (Å²) < 4.78 is 1.34. The van der Waals surface area contributed by atoms with Crippen molar-refractivity contribution in [2.24, 2.45) is 23.7 Å². The van der Waals surface area contributed by atoms with Gasteiger partial charge in [0.2, 0.25) is 0 Å². The third kappa shape index (κ3) is 3.12. The lowest BCUT2D eigenvalue weighted by Crippen LogP contribution is -2.63. The number of nitrogens with zero attached hydrogens (tertiary/aromatic N) is 2. The topological polar surface area (TPSA) is 122 Å². The molecule has 9 heteroatoms. The van der Waals surface area contributed by atoms with Crippen molar-refractivity contribution >= 4 is 34.9 Å². The quantitative estimate of drug-likeness (QED) is 0.645. The maximum Gasteiger partial charge on any atom is 0.335 e. The first-order chi connectivity index (χ1) is 14.8. The highest BCUT2D eigenvalue weighted by Crippen LogP contribution is 2.61. The predicted molar refractivity (Wildman–Crippen MR) is 113 cm³/mol. The number of hydrogen-bond acceptors (Lipinski definition) is 5. The van der Waals surface area contributed by atoms with E-state index in [0.717, 1.165) is 19.3 Å². The van der Waals surface area contributed by atoms with E-state index < -0.39 is 29.0 Å². The molecule has 0 aliphatic heterocycles. The highest BCUT2D eigenvalue weighted by Gasteiger charge is 2.61. The van der Waals surface area contributed by atoms with Gasteiger partial charge in [0.05, 0.1) is 28.9 Å². The molecule has 3 N–H and O–H groups in total. The zero-order chi connectivity index (χ0) is 21.9. The Morgan fingerprint density at radius 2 is 1.74 bits per heavy atom. The van der Waals surface area contributed by atoms with Crippen LogP contribution >= 0.6 is 11.6 Å². The van der Waals surface area contributed by atoms with E-state index in [-0.39, 0.29) is 16.5 Å². The molecule has 4 fully saturated rings. The van der Waals surface area contributed by atoms with Crippen molar-refractivity contribution < 1.29 is 19.8 Å². The molecule has 0 spiro atoms. The molecule has 2 aromatic rings. The Balaban J connectivity index is 1.51. The largest absolute Gasteiger partial charge is 0.481 e. The Morgan fingerprint density at radius 1 is 1.10 bits per heavy atom. The van der Waals surface area contributed by atoms with Crippen molar-refractivity contribution in [3.63, 3.8) is 0 Å². The maximum atomic E-state index is 13.3. The van der Waals surface area contributed by atoms with Gasteiger partial charge in [-0.3, -0.25) is 9.59 Å². The van der Waals surface area contributed by atoms with Crippen LogP contribution in [0.5, 0.6) is 0 Å². The number of carboxylic acid groups (broad SMARTS) is 2. The Labute approximate surface area is 182 Å². The molecule has 1 aromatic heterocycles. The number of anilines is 2. The average molecular weight is 444 g/mol. The molecular formula is C22H22ClN3O5. The summed E-state index contributed by atoms with van der Waals surface area (Å²) in [4.78, 5) is 36.5. The third-order valence-corrected chi connectivity index (χ3v) is 7.66. The second-order valence-corrected chi connectivity index (χ2v) is 9.50. The van der Waals surface area contributed by atoms with Crippen LogP contribution in [0.4, 0.5) is 11.4 Å². The second-order valence-electron chi connectivity index (χ2n) is 9.12. The predicted octanol–water partition coefficient (Wildman–Crippen LogP) is 3.57. The number of halogens is 1. The summed E-state index contributed by atoms with van der Waals surface area (Å²) in [6.07, 6.45) is 5.64. The lowest BCUT2D eigenvalue weighted by molar-refractivity contribution is -0.168. The summed E-state index contributed by atoms with van der Waals surface area (Å²) in [6, 6.07) is 6.04. The minimum absolute atomic E-state index is 0.0582. The standard InChI is InChI=1S/C22H22ClN3O5/c23-18-16(25-15-3-1-13(2-4-15)20(28)29)10-24-26(19(18)27)22-8-11-5-12(9-22)7-14(6-11)17(22)21(30)31/h1-4,10-12,14,17,25H,5-9H2,(H,28,29)(H,30,31)/t11-,12-,14?,17+,22?/m0/s1. The number of carboxylic acids is 2. The molecule has 1 heterocycles. The first kappa shape index (κ1) is 20.1. The smallest absolute Gasteiger partial charge is 0.335 e. The molecule has 4 aliphatic rings. The van der Waals surface area contributed by atoms with Gasteiger partial charge in [0.1, 0.15) is 5.02 Å². The van der Waals surface area contributed by atoms with E-state index in [1.807, 2.05) is 0 Å². The molecule has 0 radical (unpaired) electrons. The van der Waals surface area contributed by atoms with Crippen LogP contribution in [-0.2, 0) is 10.3 Å². The molecule has 0 unspecified atom stereocenters. The Bertz CT molecular complexity index is 1110. The Morgan fingerprint density at radius 3 is 2.32 bits per heavy atom. The molecule has 6 rings (SSSR count). The number of nitrogens with one attached hydrogen (secondary N) is 1. The van der Waals surface area contributed by atoms with Crippen molar-refractivity contribution in [3.8, 4) is 0 Å². The van der Waals surface area contributed by atoms with E-state index in [1.165, 1.54) is 23.0 Å². The number of hydrogen-bond donors (Lipinski definition) is 3. The summed E-state index contributed by atoms with van der Waals surface area (Å²) in [5.74, 6) is -1.62. The highest BCUT2D eigenvalue weighted by atomic mass is 35.5. The lowest BCUT2D eigenvalue weighted by atomic mass is 9.48. The monoisotopic (exact) mass is 443 g/mol. The molecule has 0 saturated heterocycles. The summed E-state index contributed by atoms with van der Waals surface area (Å²) in [6.45, 7) is 0. The molecule has 31 heavy (non-hydrogen) atoms. The first-order valence-corrected chi connectivity index (χ1v) is 10.8. The average Bonchev–Trinajstić information content (AvgIpc) is 2.70. The van der Waals surface area contributed by atoms with Gasteiger partial charge >= 0.3 is 11.9 Å². The van der Waals surface area contributed by atoms with Gasteiger partial charge in [0, 0.05) is 5.69 Å². The zero-order valence-electron chi connectivity index (χ0n) is 16.6. The van der Waals surface area contributed by atoms with E-state index >= 15 is 0 Å². The van der Waals surface area contributed by atoms with Crippen molar-refractivity contribution in [3.05, 3.63) is 51.4 Å². The Kier molecular flexibility index (Phi) is 4.58. The van der Waals surface area contributed by atoms with E-state index in [1.54, 1.807) is 12.1 Å². The second kappa shape index (κ2) is 7.09. The van der Waals surface area contributed by atoms with Gasteiger partial charge in [0.15, 0.2) is 0 Å². The van der Waals surface area contributed by atoms with E-state index in [9.17, 15) is 19.5 Å². The van der Waals surface area contributed by atoms with E-state index in [2.05, 4.69) is 10.4 Å². The van der Waals surface area contributed by atoms with Crippen LogP contribution in [0.25, 0.3) is 0 Å². The van der Waals surface area contributed by atoms with Gasteiger partial charge in [-0.05, 0) is 74.1 Å². The van der Waals surface area contributed by atoms with Crippen molar-refractivity contribution in [1.82, 2.24) is 9.78 Å². The van der Waals surface area contributed by atoms with Gasteiger partial charge in [-0.1, -0.05) is 11.6 Å². The number of aromatic nitrogens is 2. The molecule has 4 aliphatic carbocycles. The third-order valence-electron chi connectivity index (χ3n) is 7.29. The van der Waals surface area contributed by atoms with Gasteiger partial charge in [-0.2, -0.15) is 5.10 Å². The first-order valence-electron chi connectivity index (χ1n) is 10.4. The van der Waals surface area contributed by atoms with Crippen molar-refractivity contribution in [1.29, 1.82) is 0 Å². The number of aliphatic carboxylic acids is 1. The summed E-state index contributed by atoms with van der Waals surface area (Å²) in [5.41, 5.74) is -0.330. The van der Waals surface area contributed by atoms with Crippen LogP contribution in [0.1, 0.15) is 42.5 Å². The molecule has 4 saturated carbocycles. The molecular weight excluding hydrogens is 422 g/mol. The zero-order valence-corrected chi connectivity index (χ0v) is 17.4. The molecule has 162 valence electrons. The van der Waals surface area contributed by atoms with Crippen LogP contribution in [0.15, 0.2) is 35.3 Å². The molecule has 1 aromatic carbocycles. The number of carbonyl (C=O) groups is 2. The fourth-order valence-electron chi connectivity index (χ4n) is 6.42. The van der Waals surface area contributed by atoms with Gasteiger partial charge in [0.25, 0.3) is 5.56 Å². The van der Waals surface area contributed by atoms with Gasteiger partial charge in [-0.15, -0.1) is 0 Å². The minimum atomic E-state index is -1.03. The maximum absolute atomic E-state index is 13.3. The van der Waals surface area contributed by atoms with Gasteiger partial charge < -0.3 is 15.5 Å². The molecule has 3 atom stereocenters. The normalized spacial score (nSPS) is 30.9. The fourth-order valence-corrected chi connectivity index (χ4v) is 6.60. The van der Waals surface area contributed by atoms with Crippen LogP contribution < -0.4 is 10.9 Å². The van der Waals surface area contributed by atoms with Crippen LogP contribution in [-0.4, -0.2) is 31.9 Å². The highest BCUT2D eigenvalue weighted by molar-refractivity contribution is 6.33. The van der Waals surface area contributed by atoms with Crippen molar-refractivity contribution in [2.45, 2.75) is 37.6 Å². The summed E-state index contributed by atoms with van der Waals surface area (Å²) in [5, 5.41) is 26.4. The molecule has 4 bridgehead atoms. The van der Waals surface area contributed by atoms with Crippen LogP contribution in [0.2, 0.25) is 5.02 Å². The fraction of sp³-hybridized carbons (Fsp3) is 0.455. The number of benzene rings is 1. The van der Waals surface area contributed by atoms with E-state index in [4.69, 9.17) is 16.7 Å². The number of rotatable bonds is 5. The molecule has 0 amide bonds. The van der Waals surface area contributed by atoms with Gasteiger partial charge in [-0.25, -0.2) is 9.48 Å². The van der Waals surface area contributed by atoms with Crippen LogP contribution in [0, 0.1) is 23.7 Å². The summed E-state index contributed by atoms with van der Waals surface area (Å²) >= 11 is 6.42. The summed E-state index contributed by atoms with van der Waals surface area (Å²) in [7, 11) is 0. The SMILES string of the molecule is O=C(O)c1ccc(Nc2cnn(C34C[C@@H]5CC(C[C@H](C5)C3)[C@@H]4C(=O)O)c(=O)c2Cl)cc1. The van der Waals surface area contributed by atoms with E-state index in [0.29, 0.717) is 36.1 Å². The molecule has 8 nitrogen and oxygen atoms in total.